The first-order chi connectivity index (χ1) is 10.1. The first-order valence-corrected chi connectivity index (χ1v) is 7.75. The standard InChI is InChI=1S/C17H22N2O2/c1-18(11-12-6-4-3-5-7-12)13-8-9-14-15(10-13)19(2)17(21)16(14)20/h8-10,12H,3-7,11H2,1-2H3. The number of fused-ring (bicyclic) bond motifs is 1. The molecule has 1 heterocycles. The quantitative estimate of drug-likeness (QED) is 0.802. The average molecular weight is 286 g/mol. The second kappa shape index (κ2) is 5.51. The molecule has 21 heavy (non-hydrogen) atoms. The Bertz CT molecular complexity index is 576. The summed E-state index contributed by atoms with van der Waals surface area (Å²) in [6.45, 7) is 1.05. The molecule has 1 fully saturated rings. The SMILES string of the molecule is CN(CC1CCCCC1)c1ccc2c(c1)N(C)C(=O)C2=O. The minimum Gasteiger partial charge on any atom is -0.374 e. The molecule has 4 heteroatoms. The van der Waals surface area contributed by atoms with Crippen molar-refractivity contribution in [2.24, 2.45) is 5.92 Å². The predicted molar refractivity (Wildman–Crippen MR) is 84.0 cm³/mol. The van der Waals surface area contributed by atoms with Crippen molar-refractivity contribution in [3.63, 3.8) is 0 Å². The van der Waals surface area contributed by atoms with E-state index in [1.165, 1.54) is 37.0 Å². The molecular weight excluding hydrogens is 264 g/mol. The van der Waals surface area contributed by atoms with Crippen LogP contribution in [0, 0.1) is 5.92 Å². The lowest BCUT2D eigenvalue weighted by Crippen LogP contribution is -2.27. The van der Waals surface area contributed by atoms with E-state index in [1.54, 1.807) is 13.1 Å². The third kappa shape index (κ3) is 2.55. The number of amides is 1. The van der Waals surface area contributed by atoms with E-state index >= 15 is 0 Å². The second-order valence-corrected chi connectivity index (χ2v) is 6.28. The van der Waals surface area contributed by atoms with Gasteiger partial charge in [-0.1, -0.05) is 19.3 Å². The van der Waals surface area contributed by atoms with Gasteiger partial charge < -0.3 is 9.80 Å². The molecule has 1 amide bonds. The Morgan fingerprint density at radius 2 is 1.90 bits per heavy atom. The van der Waals surface area contributed by atoms with E-state index < -0.39 is 11.7 Å². The van der Waals surface area contributed by atoms with E-state index in [-0.39, 0.29) is 0 Å². The van der Waals surface area contributed by atoms with Gasteiger partial charge in [0, 0.05) is 26.3 Å². The Hall–Kier alpha value is -1.84. The van der Waals surface area contributed by atoms with E-state index in [1.807, 2.05) is 12.1 Å². The number of likely N-dealkylation sites (N-methyl/N-ethyl adjacent to an activating group) is 1. The van der Waals surface area contributed by atoms with Crippen molar-refractivity contribution >= 4 is 23.1 Å². The fourth-order valence-electron chi connectivity index (χ4n) is 3.47. The predicted octanol–water partition coefficient (Wildman–Crippen LogP) is 2.86. The van der Waals surface area contributed by atoms with Gasteiger partial charge in [0.05, 0.1) is 11.3 Å². The molecule has 4 nitrogen and oxygen atoms in total. The van der Waals surface area contributed by atoms with Crippen LogP contribution < -0.4 is 9.80 Å². The van der Waals surface area contributed by atoms with Crippen LogP contribution in [-0.2, 0) is 4.79 Å². The van der Waals surface area contributed by atoms with Crippen LogP contribution in [0.5, 0.6) is 0 Å². The van der Waals surface area contributed by atoms with E-state index in [0.717, 1.165) is 23.8 Å². The number of ketones is 1. The summed E-state index contributed by atoms with van der Waals surface area (Å²) in [7, 11) is 3.76. The number of carbonyl (C=O) groups is 2. The Balaban J connectivity index is 1.77. The van der Waals surface area contributed by atoms with Crippen LogP contribution in [0.25, 0.3) is 0 Å². The Morgan fingerprint density at radius 3 is 2.62 bits per heavy atom. The zero-order chi connectivity index (χ0) is 15.0. The summed E-state index contributed by atoms with van der Waals surface area (Å²) in [6.07, 6.45) is 6.68. The zero-order valence-corrected chi connectivity index (χ0v) is 12.8. The maximum absolute atomic E-state index is 11.8. The van der Waals surface area contributed by atoms with E-state index in [2.05, 4.69) is 11.9 Å². The molecule has 3 rings (SSSR count). The van der Waals surface area contributed by atoms with Gasteiger partial charge in [0.25, 0.3) is 11.7 Å². The number of carbonyl (C=O) groups excluding carboxylic acids is 2. The van der Waals surface area contributed by atoms with Gasteiger partial charge in [-0.15, -0.1) is 0 Å². The van der Waals surface area contributed by atoms with Crippen molar-refractivity contribution in [1.82, 2.24) is 0 Å². The Morgan fingerprint density at radius 1 is 1.19 bits per heavy atom. The third-order valence-corrected chi connectivity index (χ3v) is 4.78. The molecule has 0 aromatic heterocycles. The van der Waals surface area contributed by atoms with Crippen molar-refractivity contribution in [3.8, 4) is 0 Å². The molecule has 1 aliphatic heterocycles. The number of hydrogen-bond donors (Lipinski definition) is 0. The number of Topliss-reactive ketones (excluding diaryl/α,β-unsaturated/α-hetero) is 1. The largest absolute Gasteiger partial charge is 0.374 e. The van der Waals surface area contributed by atoms with Crippen molar-refractivity contribution in [2.75, 3.05) is 30.4 Å². The van der Waals surface area contributed by atoms with Crippen LogP contribution in [0.4, 0.5) is 11.4 Å². The van der Waals surface area contributed by atoms with E-state index in [9.17, 15) is 9.59 Å². The first-order valence-electron chi connectivity index (χ1n) is 7.75. The van der Waals surface area contributed by atoms with Gasteiger partial charge in [0.15, 0.2) is 0 Å². The van der Waals surface area contributed by atoms with Crippen molar-refractivity contribution in [3.05, 3.63) is 23.8 Å². The number of anilines is 2. The summed E-state index contributed by atoms with van der Waals surface area (Å²) in [5.74, 6) is -0.0657. The van der Waals surface area contributed by atoms with Gasteiger partial charge >= 0.3 is 0 Å². The normalized spacial score (nSPS) is 19.0. The Labute approximate surface area is 125 Å². The molecule has 2 aliphatic rings. The first kappa shape index (κ1) is 14.1. The zero-order valence-electron chi connectivity index (χ0n) is 12.8. The highest BCUT2D eigenvalue weighted by atomic mass is 16.2. The molecule has 1 saturated carbocycles. The van der Waals surface area contributed by atoms with Gasteiger partial charge in [-0.3, -0.25) is 9.59 Å². The molecule has 0 saturated heterocycles. The lowest BCUT2D eigenvalue weighted by Gasteiger charge is -2.28. The smallest absolute Gasteiger partial charge is 0.299 e. The van der Waals surface area contributed by atoms with Crippen LogP contribution in [0.1, 0.15) is 42.5 Å². The van der Waals surface area contributed by atoms with Gasteiger partial charge in [0.2, 0.25) is 0 Å². The maximum Gasteiger partial charge on any atom is 0.299 e. The van der Waals surface area contributed by atoms with Crippen LogP contribution in [0.15, 0.2) is 18.2 Å². The number of hydrogen-bond acceptors (Lipinski definition) is 3. The fraction of sp³-hybridized carbons (Fsp3) is 0.529. The minimum atomic E-state index is -0.433. The number of nitrogens with zero attached hydrogens (tertiary/aromatic N) is 2. The molecule has 1 aliphatic carbocycles. The van der Waals surface area contributed by atoms with Crippen LogP contribution in [-0.4, -0.2) is 32.3 Å². The molecule has 1 aromatic rings. The summed E-state index contributed by atoms with van der Waals surface area (Å²) in [5.41, 5.74) is 2.34. The van der Waals surface area contributed by atoms with Crippen molar-refractivity contribution < 1.29 is 9.59 Å². The molecular formula is C17H22N2O2. The number of rotatable bonds is 3. The summed E-state index contributed by atoms with van der Waals surface area (Å²) < 4.78 is 0. The molecule has 0 spiro atoms. The molecule has 0 bridgehead atoms. The summed E-state index contributed by atoms with van der Waals surface area (Å²) in [5, 5.41) is 0. The maximum atomic E-state index is 11.8. The van der Waals surface area contributed by atoms with Crippen molar-refractivity contribution in [1.29, 1.82) is 0 Å². The lowest BCUT2D eigenvalue weighted by molar-refractivity contribution is -0.114. The van der Waals surface area contributed by atoms with Crippen molar-refractivity contribution in [2.45, 2.75) is 32.1 Å². The highest BCUT2D eigenvalue weighted by molar-refractivity contribution is 6.52. The average Bonchev–Trinajstić information content (AvgIpc) is 2.73. The van der Waals surface area contributed by atoms with Crippen LogP contribution >= 0.6 is 0 Å². The highest BCUT2D eigenvalue weighted by Gasteiger charge is 2.33. The molecule has 0 unspecified atom stereocenters. The molecule has 0 atom stereocenters. The summed E-state index contributed by atoms with van der Waals surface area (Å²) in [4.78, 5) is 27.2. The summed E-state index contributed by atoms with van der Waals surface area (Å²) in [6, 6.07) is 5.69. The highest BCUT2D eigenvalue weighted by Crippen LogP contribution is 2.32. The topological polar surface area (TPSA) is 40.6 Å². The second-order valence-electron chi connectivity index (χ2n) is 6.28. The minimum absolute atomic E-state index is 0.394. The summed E-state index contributed by atoms with van der Waals surface area (Å²) >= 11 is 0. The van der Waals surface area contributed by atoms with Crippen LogP contribution in [0.2, 0.25) is 0 Å². The van der Waals surface area contributed by atoms with Gasteiger partial charge in [0.1, 0.15) is 0 Å². The molecule has 0 N–H and O–H groups in total. The van der Waals surface area contributed by atoms with Crippen LogP contribution in [0.3, 0.4) is 0 Å². The fourth-order valence-corrected chi connectivity index (χ4v) is 3.47. The molecule has 1 aromatic carbocycles. The number of benzene rings is 1. The van der Waals surface area contributed by atoms with Gasteiger partial charge in [-0.05, 0) is 37.0 Å². The lowest BCUT2D eigenvalue weighted by atomic mass is 9.89. The van der Waals surface area contributed by atoms with E-state index in [0.29, 0.717) is 5.56 Å². The molecule has 112 valence electrons. The van der Waals surface area contributed by atoms with E-state index in [4.69, 9.17) is 0 Å². The Kier molecular flexibility index (Phi) is 3.70. The van der Waals surface area contributed by atoms with Gasteiger partial charge in [-0.2, -0.15) is 0 Å². The third-order valence-electron chi connectivity index (χ3n) is 4.78. The molecule has 0 radical (unpaired) electrons. The van der Waals surface area contributed by atoms with Gasteiger partial charge in [-0.25, -0.2) is 0 Å². The monoisotopic (exact) mass is 286 g/mol.